The molecule has 7 rings (SSSR count). The zero-order valence-electron chi connectivity index (χ0n) is 22.7. The van der Waals surface area contributed by atoms with Gasteiger partial charge < -0.3 is 29.1 Å². The van der Waals surface area contributed by atoms with Crippen LogP contribution in [0.2, 0.25) is 0 Å². The van der Waals surface area contributed by atoms with Gasteiger partial charge in [-0.15, -0.1) is 0 Å². The van der Waals surface area contributed by atoms with Crippen molar-refractivity contribution in [3.8, 4) is 16.9 Å². The van der Waals surface area contributed by atoms with Gasteiger partial charge in [-0.05, 0) is 81.2 Å². The molecule has 0 amide bonds. The quantitative estimate of drug-likeness (QED) is 0.375. The van der Waals surface area contributed by atoms with E-state index in [9.17, 15) is 0 Å². The number of nitrogens with one attached hydrogen (secondary N) is 2. The van der Waals surface area contributed by atoms with Crippen molar-refractivity contribution in [1.82, 2.24) is 15.3 Å². The fourth-order valence-corrected chi connectivity index (χ4v) is 5.89. The number of rotatable bonds is 4. The molecule has 3 aliphatic heterocycles. The number of hydrogen-bond acceptors (Lipinski definition) is 6. The van der Waals surface area contributed by atoms with Crippen LogP contribution in [-0.4, -0.2) is 47.5 Å². The second kappa shape index (κ2) is 8.55. The minimum Gasteiger partial charge on any atom is -0.488 e. The molecule has 196 valence electrons. The molecule has 4 heterocycles. The molecule has 8 heteroatoms. The summed E-state index contributed by atoms with van der Waals surface area (Å²) < 4.78 is 24.7. The van der Waals surface area contributed by atoms with Crippen LogP contribution in [0.25, 0.3) is 32.9 Å². The molecular formula is C30H34BN3O4. The zero-order chi connectivity index (χ0) is 26.2. The van der Waals surface area contributed by atoms with Crippen molar-refractivity contribution in [2.45, 2.75) is 71.0 Å². The molecule has 0 spiro atoms. The molecular weight excluding hydrogens is 477 g/mol. The van der Waals surface area contributed by atoms with E-state index in [1.807, 2.05) is 6.92 Å². The Balaban J connectivity index is 1.22. The molecule has 1 aromatic heterocycles. The normalized spacial score (nSPS) is 23.6. The van der Waals surface area contributed by atoms with Gasteiger partial charge in [0, 0.05) is 24.1 Å². The Labute approximate surface area is 223 Å². The number of imidazole rings is 1. The number of nitrogens with zero attached hydrogens (tertiary/aromatic N) is 1. The Morgan fingerprint density at radius 1 is 1.03 bits per heavy atom. The first kappa shape index (κ1) is 24.2. The van der Waals surface area contributed by atoms with Gasteiger partial charge in [0.15, 0.2) is 0 Å². The highest BCUT2D eigenvalue weighted by molar-refractivity contribution is 6.62. The van der Waals surface area contributed by atoms with E-state index in [4.69, 9.17) is 23.8 Å². The van der Waals surface area contributed by atoms with Crippen LogP contribution < -0.4 is 15.5 Å². The summed E-state index contributed by atoms with van der Waals surface area (Å²) in [6, 6.07) is 15.3. The van der Waals surface area contributed by atoms with Crippen molar-refractivity contribution in [2.24, 2.45) is 0 Å². The average Bonchev–Trinajstić information content (AvgIpc) is 3.58. The molecule has 7 nitrogen and oxygen atoms in total. The maximum absolute atomic E-state index is 6.31. The summed E-state index contributed by atoms with van der Waals surface area (Å²) in [5.74, 6) is 1.86. The predicted octanol–water partition coefficient (Wildman–Crippen LogP) is 5.01. The molecule has 0 unspecified atom stereocenters. The Hall–Kier alpha value is -2.91. The van der Waals surface area contributed by atoms with Crippen molar-refractivity contribution >= 4 is 34.4 Å². The summed E-state index contributed by atoms with van der Waals surface area (Å²) in [6.45, 7) is 12.5. The molecule has 2 N–H and O–H groups in total. The molecule has 4 aromatic rings. The first-order chi connectivity index (χ1) is 18.2. The fraction of sp³-hybridized carbons (Fsp3) is 0.433. The van der Waals surface area contributed by atoms with E-state index in [-0.39, 0.29) is 30.5 Å². The van der Waals surface area contributed by atoms with Crippen LogP contribution in [0.4, 0.5) is 0 Å². The van der Waals surface area contributed by atoms with Crippen molar-refractivity contribution in [3.05, 3.63) is 53.9 Å². The first-order valence-electron chi connectivity index (χ1n) is 13.7. The lowest BCUT2D eigenvalue weighted by molar-refractivity contribution is 0.00578. The van der Waals surface area contributed by atoms with E-state index >= 15 is 0 Å². The average molecular weight is 511 g/mol. The van der Waals surface area contributed by atoms with Gasteiger partial charge in [0.05, 0.1) is 34.4 Å². The first-order valence-corrected chi connectivity index (χ1v) is 13.7. The van der Waals surface area contributed by atoms with Crippen molar-refractivity contribution in [1.29, 1.82) is 0 Å². The summed E-state index contributed by atoms with van der Waals surface area (Å²) >= 11 is 0. The molecule has 0 radical (unpaired) electrons. The van der Waals surface area contributed by atoms with Crippen LogP contribution in [0.15, 0.2) is 42.5 Å². The second-order valence-electron chi connectivity index (χ2n) is 11.7. The highest BCUT2D eigenvalue weighted by Gasteiger charge is 2.51. The third-order valence-electron chi connectivity index (χ3n) is 8.74. The maximum atomic E-state index is 6.31. The van der Waals surface area contributed by atoms with Crippen molar-refractivity contribution in [2.75, 3.05) is 13.2 Å². The summed E-state index contributed by atoms with van der Waals surface area (Å²) in [6.07, 6.45) is 1.16. The highest BCUT2D eigenvalue weighted by atomic mass is 16.7. The van der Waals surface area contributed by atoms with Gasteiger partial charge in [0.25, 0.3) is 0 Å². The van der Waals surface area contributed by atoms with Gasteiger partial charge >= 0.3 is 7.12 Å². The van der Waals surface area contributed by atoms with Gasteiger partial charge in [0.2, 0.25) is 0 Å². The largest absolute Gasteiger partial charge is 0.494 e. The summed E-state index contributed by atoms with van der Waals surface area (Å²) in [4.78, 5) is 8.57. The standard InChI is InChI=1S/C30H34BN3O4/c1-6-35-20-13-25(32-15-20)28-33-24-10-7-17-12-23-21-9-8-19(31-37-29(2,3)30(4,5)38-31)11-18(21)16-36-26(23)14-22(17)27(24)34-28/h7-12,14,20,25,32H,6,13,15-16H2,1-5H3,(H,33,34)/t20-,25-/m0/s1. The lowest BCUT2D eigenvalue weighted by Crippen LogP contribution is -2.41. The van der Waals surface area contributed by atoms with E-state index < -0.39 is 0 Å². The third kappa shape index (κ3) is 3.77. The van der Waals surface area contributed by atoms with Crippen LogP contribution in [0.3, 0.4) is 0 Å². The number of benzene rings is 3. The number of H-pyrrole nitrogens is 1. The molecule has 2 fully saturated rings. The number of hydrogen-bond donors (Lipinski definition) is 2. The molecule has 0 aliphatic carbocycles. The van der Waals surface area contributed by atoms with Crippen LogP contribution in [-0.2, 0) is 20.7 Å². The Morgan fingerprint density at radius 2 is 1.84 bits per heavy atom. The second-order valence-corrected chi connectivity index (χ2v) is 11.7. The topological polar surface area (TPSA) is 77.6 Å². The van der Waals surface area contributed by atoms with E-state index in [0.717, 1.165) is 69.5 Å². The van der Waals surface area contributed by atoms with E-state index in [2.05, 4.69) is 80.5 Å². The van der Waals surface area contributed by atoms with Crippen molar-refractivity contribution < 1.29 is 18.8 Å². The Morgan fingerprint density at radius 3 is 2.63 bits per heavy atom. The molecule has 0 bridgehead atoms. The lowest BCUT2D eigenvalue weighted by atomic mass is 9.77. The number of aromatic amines is 1. The minimum atomic E-state index is -0.386. The molecule has 0 saturated carbocycles. The van der Waals surface area contributed by atoms with E-state index in [0.29, 0.717) is 6.61 Å². The summed E-state index contributed by atoms with van der Waals surface area (Å²) in [5.41, 5.74) is 5.73. The minimum absolute atomic E-state index is 0.174. The Bertz CT molecular complexity index is 1550. The third-order valence-corrected chi connectivity index (χ3v) is 8.74. The SMILES string of the molecule is CCO[C@@H]1CN[C@H](c2nc3c(ccc4cc5c(cc43)OCc3cc(B4OC(C)(C)C(C)(C)O4)ccc3-5)[nH]2)C1. The van der Waals surface area contributed by atoms with Crippen molar-refractivity contribution in [3.63, 3.8) is 0 Å². The molecule has 2 saturated heterocycles. The van der Waals surface area contributed by atoms with E-state index in [1.54, 1.807) is 0 Å². The van der Waals surface area contributed by atoms with E-state index in [1.165, 1.54) is 5.56 Å². The van der Waals surface area contributed by atoms with Crippen LogP contribution in [0, 0.1) is 0 Å². The highest BCUT2D eigenvalue weighted by Crippen LogP contribution is 2.42. The molecule has 38 heavy (non-hydrogen) atoms. The number of ether oxygens (including phenoxy) is 2. The van der Waals surface area contributed by atoms with Gasteiger partial charge in [-0.25, -0.2) is 4.98 Å². The maximum Gasteiger partial charge on any atom is 0.494 e. The smallest absolute Gasteiger partial charge is 0.488 e. The number of aromatic nitrogens is 2. The molecule has 3 aliphatic rings. The number of fused-ring (bicyclic) bond motifs is 6. The lowest BCUT2D eigenvalue weighted by Gasteiger charge is -2.32. The molecule has 2 atom stereocenters. The van der Waals surface area contributed by atoms with Crippen LogP contribution >= 0.6 is 0 Å². The summed E-state index contributed by atoms with van der Waals surface area (Å²) in [5, 5.41) is 5.79. The van der Waals surface area contributed by atoms with Gasteiger partial charge in [0.1, 0.15) is 18.2 Å². The monoisotopic (exact) mass is 511 g/mol. The van der Waals surface area contributed by atoms with Crippen LogP contribution in [0.5, 0.6) is 5.75 Å². The summed E-state index contributed by atoms with van der Waals surface area (Å²) in [7, 11) is -0.386. The molecule has 3 aromatic carbocycles. The van der Waals surface area contributed by atoms with Gasteiger partial charge in [-0.3, -0.25) is 0 Å². The van der Waals surface area contributed by atoms with Gasteiger partial charge in [-0.1, -0.05) is 24.3 Å². The predicted molar refractivity (Wildman–Crippen MR) is 150 cm³/mol. The van der Waals surface area contributed by atoms with Crippen LogP contribution in [0.1, 0.15) is 58.5 Å². The Kier molecular flexibility index (Phi) is 5.43. The fourth-order valence-electron chi connectivity index (χ4n) is 5.89. The zero-order valence-corrected chi connectivity index (χ0v) is 22.7. The van der Waals surface area contributed by atoms with Gasteiger partial charge in [-0.2, -0.15) is 0 Å².